The molecule has 3 rings (SSSR count). The van der Waals surface area contributed by atoms with Gasteiger partial charge in [-0.05, 0) is 44.0 Å². The summed E-state index contributed by atoms with van der Waals surface area (Å²) >= 11 is 0. The van der Waals surface area contributed by atoms with Crippen LogP contribution in [-0.4, -0.2) is 37.8 Å². The van der Waals surface area contributed by atoms with E-state index in [1.165, 1.54) is 28.6 Å². The lowest BCUT2D eigenvalue weighted by molar-refractivity contribution is 0.0930. The van der Waals surface area contributed by atoms with Crippen molar-refractivity contribution in [1.29, 1.82) is 5.26 Å². The molecule has 1 N–H and O–H groups in total. The minimum absolute atomic E-state index is 0.0208. The van der Waals surface area contributed by atoms with E-state index in [0.717, 1.165) is 19.3 Å². The van der Waals surface area contributed by atoms with Crippen LogP contribution in [0, 0.1) is 11.3 Å². The summed E-state index contributed by atoms with van der Waals surface area (Å²) in [5.41, 5.74) is 0.701. The van der Waals surface area contributed by atoms with Crippen molar-refractivity contribution in [2.45, 2.75) is 43.5 Å². The van der Waals surface area contributed by atoms with Gasteiger partial charge in [0, 0.05) is 24.6 Å². The second-order valence-corrected chi connectivity index (χ2v) is 8.35. The van der Waals surface area contributed by atoms with Gasteiger partial charge in [0.1, 0.15) is 6.07 Å². The number of carbonyl (C=O) groups excluding carboxylic acids is 1. The Bertz CT molecular complexity index is 869. The highest BCUT2D eigenvalue weighted by Gasteiger charge is 2.31. The molecule has 0 unspecified atom stereocenters. The summed E-state index contributed by atoms with van der Waals surface area (Å²) in [5.74, 6) is -0.263. The number of ether oxygens (including phenoxy) is 1. The lowest BCUT2D eigenvalue weighted by atomic mass is 10.1. The summed E-state index contributed by atoms with van der Waals surface area (Å²) < 4.78 is 32.4. The zero-order valence-corrected chi connectivity index (χ0v) is 15.4. The van der Waals surface area contributed by atoms with Crippen molar-refractivity contribution < 1.29 is 17.9 Å². The Morgan fingerprint density at radius 3 is 2.69 bits per heavy atom. The number of hydrogen-bond acceptors (Lipinski definition) is 5. The van der Waals surface area contributed by atoms with Gasteiger partial charge in [-0.1, -0.05) is 6.42 Å². The molecule has 2 aliphatic rings. The Balaban J connectivity index is 1.76. The van der Waals surface area contributed by atoms with Crippen LogP contribution in [-0.2, 0) is 14.8 Å². The molecule has 2 aliphatic heterocycles. The van der Waals surface area contributed by atoms with E-state index in [0.29, 0.717) is 30.7 Å². The van der Waals surface area contributed by atoms with Crippen molar-refractivity contribution in [2.75, 3.05) is 13.2 Å². The summed E-state index contributed by atoms with van der Waals surface area (Å²) in [4.78, 5) is 12.5. The van der Waals surface area contributed by atoms with E-state index in [1.807, 2.05) is 13.0 Å². The van der Waals surface area contributed by atoms with E-state index in [9.17, 15) is 13.2 Å². The van der Waals surface area contributed by atoms with Gasteiger partial charge in [0.2, 0.25) is 15.9 Å². The Labute approximate surface area is 153 Å². The molecule has 26 heavy (non-hydrogen) atoms. The highest BCUT2D eigenvalue weighted by molar-refractivity contribution is 7.89. The first-order chi connectivity index (χ1) is 12.4. The van der Waals surface area contributed by atoms with Gasteiger partial charge in [-0.3, -0.25) is 10.1 Å². The third-order valence-corrected chi connectivity index (χ3v) is 6.73. The molecule has 1 aromatic rings. The van der Waals surface area contributed by atoms with Crippen LogP contribution in [0.4, 0.5) is 0 Å². The SMILES string of the molecule is C[C@H]1CCCCN1S(=O)(=O)c1ccc(C(=O)NC2=C(C#N)CCO2)cc1. The molecular formula is C18H21N3O4S. The summed E-state index contributed by atoms with van der Waals surface area (Å²) in [7, 11) is -3.56. The van der Waals surface area contributed by atoms with Gasteiger partial charge >= 0.3 is 0 Å². The minimum atomic E-state index is -3.56. The van der Waals surface area contributed by atoms with Crippen LogP contribution in [0.5, 0.6) is 0 Å². The summed E-state index contributed by atoms with van der Waals surface area (Å²) in [6, 6.07) is 7.81. The lowest BCUT2D eigenvalue weighted by Gasteiger charge is -2.32. The maximum atomic E-state index is 12.8. The zero-order chi connectivity index (χ0) is 18.7. The standard InChI is InChI=1S/C18H21N3O4S/c1-13-4-2-3-10-21(13)26(23,24)16-7-5-14(6-8-16)17(22)20-18-15(12-19)9-11-25-18/h5-8,13H,2-4,9-11H2,1H3,(H,20,22)/t13-/m0/s1. The number of rotatable bonds is 4. The molecule has 0 aliphatic carbocycles. The fourth-order valence-electron chi connectivity index (χ4n) is 3.19. The van der Waals surface area contributed by atoms with E-state index in [2.05, 4.69) is 5.32 Å². The summed E-state index contributed by atoms with van der Waals surface area (Å²) in [6.45, 7) is 2.80. The van der Waals surface area contributed by atoms with Crippen LogP contribution in [0.25, 0.3) is 0 Å². The number of amides is 1. The van der Waals surface area contributed by atoms with Gasteiger partial charge < -0.3 is 4.74 Å². The molecule has 8 heteroatoms. The predicted octanol–water partition coefficient (Wildman–Crippen LogP) is 2.13. The molecule has 1 amide bonds. The quantitative estimate of drug-likeness (QED) is 0.869. The second-order valence-electron chi connectivity index (χ2n) is 6.46. The minimum Gasteiger partial charge on any atom is -0.478 e. The highest BCUT2D eigenvalue weighted by Crippen LogP contribution is 2.25. The van der Waals surface area contributed by atoms with Crippen molar-refractivity contribution in [3.8, 4) is 6.07 Å². The number of carbonyl (C=O) groups is 1. The molecule has 0 aromatic heterocycles. The number of nitrogens with one attached hydrogen (secondary N) is 1. The van der Waals surface area contributed by atoms with Crippen molar-refractivity contribution in [1.82, 2.24) is 9.62 Å². The topological polar surface area (TPSA) is 99.5 Å². The van der Waals surface area contributed by atoms with Crippen LogP contribution < -0.4 is 5.32 Å². The van der Waals surface area contributed by atoms with Gasteiger partial charge in [-0.2, -0.15) is 9.57 Å². The third-order valence-electron chi connectivity index (χ3n) is 4.70. The first-order valence-corrected chi connectivity index (χ1v) is 10.1. The summed E-state index contributed by atoms with van der Waals surface area (Å²) in [5, 5.41) is 11.5. The smallest absolute Gasteiger partial charge is 0.257 e. The Morgan fingerprint density at radius 2 is 2.04 bits per heavy atom. The Morgan fingerprint density at radius 1 is 1.31 bits per heavy atom. The molecule has 1 aromatic carbocycles. The number of nitrogens with zero attached hydrogens (tertiary/aromatic N) is 2. The second kappa shape index (κ2) is 7.48. The number of piperidine rings is 1. The molecule has 0 saturated carbocycles. The molecule has 1 atom stereocenters. The molecular weight excluding hydrogens is 354 g/mol. The number of benzene rings is 1. The van der Waals surface area contributed by atoms with Crippen molar-refractivity contribution >= 4 is 15.9 Å². The zero-order valence-electron chi connectivity index (χ0n) is 14.6. The molecule has 0 radical (unpaired) electrons. The van der Waals surface area contributed by atoms with Crippen molar-refractivity contribution in [3.63, 3.8) is 0 Å². The maximum absolute atomic E-state index is 12.8. The number of hydrogen-bond donors (Lipinski definition) is 1. The molecule has 138 valence electrons. The fourth-order valence-corrected chi connectivity index (χ4v) is 4.89. The highest BCUT2D eigenvalue weighted by atomic mass is 32.2. The predicted molar refractivity (Wildman–Crippen MR) is 94.3 cm³/mol. The monoisotopic (exact) mass is 375 g/mol. The molecule has 1 saturated heterocycles. The first kappa shape index (κ1) is 18.4. The average Bonchev–Trinajstić information content (AvgIpc) is 3.09. The van der Waals surface area contributed by atoms with Gasteiger partial charge in [0.25, 0.3) is 5.91 Å². The van der Waals surface area contributed by atoms with Crippen molar-refractivity contribution in [3.05, 3.63) is 41.3 Å². The number of nitriles is 1. The van der Waals surface area contributed by atoms with Crippen LogP contribution in [0.15, 0.2) is 40.6 Å². The first-order valence-electron chi connectivity index (χ1n) is 8.63. The van der Waals surface area contributed by atoms with Crippen LogP contribution in [0.1, 0.15) is 43.0 Å². The lowest BCUT2D eigenvalue weighted by Crippen LogP contribution is -2.41. The van der Waals surface area contributed by atoms with Crippen LogP contribution in [0.3, 0.4) is 0 Å². The van der Waals surface area contributed by atoms with Crippen LogP contribution in [0.2, 0.25) is 0 Å². The van der Waals surface area contributed by atoms with Crippen molar-refractivity contribution in [2.24, 2.45) is 0 Å². The largest absolute Gasteiger partial charge is 0.478 e. The molecule has 0 spiro atoms. The fraction of sp³-hybridized carbons (Fsp3) is 0.444. The summed E-state index contributed by atoms with van der Waals surface area (Å²) in [6.07, 6.45) is 3.22. The average molecular weight is 375 g/mol. The third kappa shape index (κ3) is 3.59. The van der Waals surface area contributed by atoms with E-state index in [1.54, 1.807) is 0 Å². The maximum Gasteiger partial charge on any atom is 0.257 e. The van der Waals surface area contributed by atoms with E-state index < -0.39 is 15.9 Å². The van der Waals surface area contributed by atoms with E-state index >= 15 is 0 Å². The molecule has 2 heterocycles. The van der Waals surface area contributed by atoms with Gasteiger partial charge in [0.15, 0.2) is 0 Å². The number of sulfonamides is 1. The van der Waals surface area contributed by atoms with Crippen LogP contribution >= 0.6 is 0 Å². The van der Waals surface area contributed by atoms with Gasteiger partial charge in [-0.25, -0.2) is 8.42 Å². The normalized spacial score (nSPS) is 21.2. The molecule has 1 fully saturated rings. The Kier molecular flexibility index (Phi) is 5.30. The molecule has 7 nitrogen and oxygen atoms in total. The molecule has 0 bridgehead atoms. The van der Waals surface area contributed by atoms with Gasteiger partial charge in [-0.15, -0.1) is 0 Å². The van der Waals surface area contributed by atoms with Gasteiger partial charge in [0.05, 0.1) is 17.1 Å². The van der Waals surface area contributed by atoms with E-state index in [-0.39, 0.29) is 16.8 Å². The van der Waals surface area contributed by atoms with E-state index in [4.69, 9.17) is 10.00 Å². The Hall–Kier alpha value is -2.37.